The molecule has 0 atom stereocenters. The Morgan fingerprint density at radius 3 is 2.06 bits per heavy atom. The maximum absolute atomic E-state index is 6.27. The predicted octanol–water partition coefficient (Wildman–Crippen LogP) is 3.06. The van der Waals surface area contributed by atoms with Crippen LogP contribution in [0.2, 0.25) is 0 Å². The molecule has 0 bridgehead atoms. The van der Waals surface area contributed by atoms with Gasteiger partial charge in [0.1, 0.15) is 18.1 Å². The van der Waals surface area contributed by atoms with Gasteiger partial charge in [0.2, 0.25) is 0 Å². The van der Waals surface area contributed by atoms with Crippen molar-refractivity contribution in [3.63, 3.8) is 0 Å². The van der Waals surface area contributed by atoms with Crippen molar-refractivity contribution in [1.29, 1.82) is 0 Å². The van der Waals surface area contributed by atoms with Crippen LogP contribution in [0, 0.1) is 0 Å². The van der Waals surface area contributed by atoms with Gasteiger partial charge in [0, 0.05) is 31.1 Å². The summed E-state index contributed by atoms with van der Waals surface area (Å²) in [6, 6.07) is 0.974. The van der Waals surface area contributed by atoms with Gasteiger partial charge in [-0.15, -0.1) is 0 Å². The van der Waals surface area contributed by atoms with E-state index in [1.165, 1.54) is 12.8 Å². The van der Waals surface area contributed by atoms with Crippen LogP contribution >= 0.6 is 11.6 Å². The first kappa shape index (κ1) is 13.6. The molecule has 0 radical (unpaired) electrons. The summed E-state index contributed by atoms with van der Waals surface area (Å²) in [5.41, 5.74) is 0. The Morgan fingerprint density at radius 1 is 1.12 bits per heavy atom. The summed E-state index contributed by atoms with van der Waals surface area (Å²) in [5.74, 6) is 0. The number of nitrogens with zero attached hydrogens (tertiary/aromatic N) is 2. The Bertz CT molecular complexity index is 264. The largest absolute Gasteiger partial charge is 0.371 e. The highest BCUT2D eigenvalue weighted by molar-refractivity contribution is 6.38. The monoisotopic (exact) mass is 243 g/mol. The topological polar surface area (TPSA) is 6.25 Å². The Balaban J connectivity index is 2.69. The quantitative estimate of drug-likeness (QED) is 0.688. The highest BCUT2D eigenvalue weighted by Gasteiger charge is 2.14. The first-order valence-corrected chi connectivity index (χ1v) is 6.62. The van der Waals surface area contributed by atoms with Crippen molar-refractivity contribution in [2.75, 3.05) is 13.1 Å². The molecule has 1 rings (SSSR count). The van der Waals surface area contributed by atoms with E-state index in [0.717, 1.165) is 18.1 Å². The van der Waals surface area contributed by atoms with Crippen molar-refractivity contribution >= 4 is 17.8 Å². The van der Waals surface area contributed by atoms with Crippen LogP contribution in [0.4, 0.5) is 0 Å². The molecule has 16 heavy (non-hydrogen) atoms. The molecular weight excluding hydrogens is 220 g/mol. The number of hydrogen-bond acceptors (Lipinski definition) is 1. The molecule has 92 valence electrons. The first-order chi connectivity index (χ1) is 7.50. The molecule has 2 nitrogen and oxygen atoms in total. The van der Waals surface area contributed by atoms with Crippen molar-refractivity contribution in [3.05, 3.63) is 11.2 Å². The van der Waals surface area contributed by atoms with Crippen LogP contribution in [0.5, 0.6) is 0 Å². The fraction of sp³-hybridized carbons (Fsp3) is 0.769. The third kappa shape index (κ3) is 4.17. The van der Waals surface area contributed by atoms with E-state index in [9.17, 15) is 0 Å². The Labute approximate surface area is 105 Å². The smallest absolute Gasteiger partial charge is 0.183 e. The summed E-state index contributed by atoms with van der Waals surface area (Å²) in [7, 11) is 0. The maximum Gasteiger partial charge on any atom is 0.183 e. The highest BCUT2D eigenvalue weighted by Crippen LogP contribution is 2.11. The lowest BCUT2D eigenvalue weighted by Crippen LogP contribution is -2.32. The molecule has 1 aliphatic rings. The summed E-state index contributed by atoms with van der Waals surface area (Å²) < 4.78 is 2.30. The van der Waals surface area contributed by atoms with E-state index in [-0.39, 0.29) is 0 Å². The van der Waals surface area contributed by atoms with Crippen LogP contribution < -0.4 is 0 Å². The van der Waals surface area contributed by atoms with Gasteiger partial charge in [-0.3, -0.25) is 0 Å². The Kier molecular flexibility index (Phi) is 5.33. The van der Waals surface area contributed by atoms with Crippen LogP contribution in [0.1, 0.15) is 40.5 Å². The second-order valence-corrected chi connectivity index (χ2v) is 5.46. The van der Waals surface area contributed by atoms with Gasteiger partial charge in [0.25, 0.3) is 0 Å². The molecule has 0 saturated carbocycles. The van der Waals surface area contributed by atoms with E-state index in [1.807, 2.05) is 0 Å². The van der Waals surface area contributed by atoms with Crippen LogP contribution in [-0.2, 0) is 0 Å². The summed E-state index contributed by atoms with van der Waals surface area (Å²) in [4.78, 5) is 2.29. The van der Waals surface area contributed by atoms with Crippen molar-refractivity contribution < 1.29 is 4.58 Å². The first-order valence-electron chi connectivity index (χ1n) is 6.24. The van der Waals surface area contributed by atoms with Gasteiger partial charge >= 0.3 is 0 Å². The number of halogens is 1. The second-order valence-electron chi connectivity index (χ2n) is 5.02. The standard InChI is InChI=1S/C13H24ClN2/c1-11(2)16(12(3)4)10-13(14)9-15-7-5-6-8-15/h9-12H,5-8H2,1-4H3/q+1. The van der Waals surface area contributed by atoms with Crippen LogP contribution in [0.3, 0.4) is 0 Å². The average Bonchev–Trinajstić information content (AvgIpc) is 2.65. The van der Waals surface area contributed by atoms with E-state index in [1.54, 1.807) is 0 Å². The molecule has 1 heterocycles. The zero-order chi connectivity index (χ0) is 12.1. The van der Waals surface area contributed by atoms with E-state index in [2.05, 4.69) is 49.6 Å². The third-order valence-electron chi connectivity index (χ3n) is 2.91. The van der Waals surface area contributed by atoms with Crippen LogP contribution in [0.25, 0.3) is 0 Å². The molecule has 0 aliphatic carbocycles. The molecule has 1 fully saturated rings. The van der Waals surface area contributed by atoms with Crippen molar-refractivity contribution in [2.24, 2.45) is 0 Å². The predicted molar refractivity (Wildman–Crippen MR) is 71.3 cm³/mol. The second kappa shape index (κ2) is 6.29. The summed E-state index contributed by atoms with van der Waals surface area (Å²) >= 11 is 6.27. The highest BCUT2D eigenvalue weighted by atomic mass is 35.5. The van der Waals surface area contributed by atoms with E-state index < -0.39 is 0 Å². The lowest BCUT2D eigenvalue weighted by molar-refractivity contribution is -0.500. The SMILES string of the molecule is CC(C)N(/C=C(\Cl)C=[N+]1CCCC1)C(C)C. The fourth-order valence-corrected chi connectivity index (χ4v) is 2.37. The molecule has 0 aromatic carbocycles. The van der Waals surface area contributed by atoms with Crippen molar-refractivity contribution in [1.82, 2.24) is 4.90 Å². The zero-order valence-electron chi connectivity index (χ0n) is 10.9. The maximum atomic E-state index is 6.27. The molecule has 1 saturated heterocycles. The molecule has 0 amide bonds. The molecule has 0 spiro atoms. The Morgan fingerprint density at radius 2 is 1.62 bits per heavy atom. The van der Waals surface area contributed by atoms with Gasteiger partial charge in [0.15, 0.2) is 6.21 Å². The van der Waals surface area contributed by atoms with E-state index in [0.29, 0.717) is 12.1 Å². The minimum absolute atomic E-state index is 0.487. The molecule has 0 aromatic rings. The molecule has 0 N–H and O–H groups in total. The summed E-state index contributed by atoms with van der Waals surface area (Å²) in [6.07, 6.45) is 6.72. The molecular formula is C13H24ClN2+. The van der Waals surface area contributed by atoms with E-state index in [4.69, 9.17) is 11.6 Å². The van der Waals surface area contributed by atoms with Gasteiger partial charge < -0.3 is 4.90 Å². The minimum Gasteiger partial charge on any atom is -0.371 e. The number of hydrogen-bond donors (Lipinski definition) is 0. The number of rotatable bonds is 4. The van der Waals surface area contributed by atoms with Crippen LogP contribution in [-0.4, -0.2) is 40.9 Å². The van der Waals surface area contributed by atoms with Gasteiger partial charge in [-0.05, 0) is 27.7 Å². The lowest BCUT2D eigenvalue weighted by atomic mass is 10.2. The molecule has 0 unspecified atom stereocenters. The van der Waals surface area contributed by atoms with Gasteiger partial charge in [-0.1, -0.05) is 11.6 Å². The third-order valence-corrected chi connectivity index (χ3v) is 3.11. The lowest BCUT2D eigenvalue weighted by Gasteiger charge is -2.29. The average molecular weight is 244 g/mol. The van der Waals surface area contributed by atoms with Gasteiger partial charge in [0.05, 0.1) is 0 Å². The fourth-order valence-electron chi connectivity index (χ4n) is 2.12. The van der Waals surface area contributed by atoms with E-state index >= 15 is 0 Å². The van der Waals surface area contributed by atoms with Crippen molar-refractivity contribution in [2.45, 2.75) is 52.6 Å². The van der Waals surface area contributed by atoms with Crippen molar-refractivity contribution in [3.8, 4) is 0 Å². The molecule has 0 aromatic heterocycles. The van der Waals surface area contributed by atoms with Gasteiger partial charge in [-0.25, -0.2) is 4.58 Å². The van der Waals surface area contributed by atoms with Gasteiger partial charge in [-0.2, -0.15) is 0 Å². The normalized spacial score (nSPS) is 17.4. The minimum atomic E-state index is 0.487. The molecule has 3 heteroatoms. The molecule has 1 aliphatic heterocycles. The summed E-state index contributed by atoms with van der Waals surface area (Å²) in [6.45, 7) is 11.1. The Hall–Kier alpha value is -0.500. The van der Waals surface area contributed by atoms with Crippen LogP contribution in [0.15, 0.2) is 11.2 Å². The number of allylic oxidation sites excluding steroid dienone is 1. The zero-order valence-corrected chi connectivity index (χ0v) is 11.7. The summed E-state index contributed by atoms with van der Waals surface area (Å²) in [5, 5.41) is 0.837.